The SMILES string of the molecule is CC(C)c1cccc(OCC(=O)C(C)(C)C)c1. The second-order valence-electron chi connectivity index (χ2n) is 5.69. The first-order chi connectivity index (χ1) is 7.80. The summed E-state index contributed by atoms with van der Waals surface area (Å²) in [6.45, 7) is 10.1. The maximum Gasteiger partial charge on any atom is 0.175 e. The molecule has 0 heterocycles. The molecule has 0 atom stereocenters. The van der Waals surface area contributed by atoms with Gasteiger partial charge >= 0.3 is 0 Å². The lowest BCUT2D eigenvalue weighted by molar-refractivity contribution is -0.128. The summed E-state index contributed by atoms with van der Waals surface area (Å²) in [5.74, 6) is 1.36. The Hall–Kier alpha value is -1.31. The lowest BCUT2D eigenvalue weighted by Gasteiger charge is -2.17. The topological polar surface area (TPSA) is 26.3 Å². The summed E-state index contributed by atoms with van der Waals surface area (Å²) >= 11 is 0. The summed E-state index contributed by atoms with van der Waals surface area (Å²) in [5, 5.41) is 0. The fourth-order valence-corrected chi connectivity index (χ4v) is 1.33. The Morgan fingerprint density at radius 1 is 1.29 bits per heavy atom. The van der Waals surface area contributed by atoms with Gasteiger partial charge in [0.25, 0.3) is 0 Å². The third kappa shape index (κ3) is 4.22. The van der Waals surface area contributed by atoms with Crippen LogP contribution in [0.15, 0.2) is 24.3 Å². The zero-order valence-corrected chi connectivity index (χ0v) is 11.4. The van der Waals surface area contributed by atoms with E-state index in [-0.39, 0.29) is 17.8 Å². The number of ether oxygens (including phenoxy) is 1. The van der Waals surface area contributed by atoms with Gasteiger partial charge in [-0.15, -0.1) is 0 Å². The summed E-state index contributed by atoms with van der Waals surface area (Å²) in [6, 6.07) is 7.93. The summed E-state index contributed by atoms with van der Waals surface area (Å²) in [4.78, 5) is 11.7. The van der Waals surface area contributed by atoms with E-state index in [1.54, 1.807) is 0 Å². The van der Waals surface area contributed by atoms with Crippen LogP contribution in [0, 0.1) is 5.41 Å². The van der Waals surface area contributed by atoms with Crippen LogP contribution in [0.3, 0.4) is 0 Å². The molecule has 0 aliphatic rings. The Morgan fingerprint density at radius 2 is 1.94 bits per heavy atom. The van der Waals surface area contributed by atoms with Crippen LogP contribution in [0.4, 0.5) is 0 Å². The van der Waals surface area contributed by atoms with Gasteiger partial charge in [0.2, 0.25) is 0 Å². The van der Waals surface area contributed by atoms with Crippen molar-refractivity contribution in [3.63, 3.8) is 0 Å². The van der Waals surface area contributed by atoms with E-state index in [9.17, 15) is 4.79 Å². The van der Waals surface area contributed by atoms with Crippen LogP contribution in [0.25, 0.3) is 0 Å². The van der Waals surface area contributed by atoms with Crippen molar-refractivity contribution in [1.82, 2.24) is 0 Å². The van der Waals surface area contributed by atoms with E-state index < -0.39 is 0 Å². The van der Waals surface area contributed by atoms with Crippen LogP contribution < -0.4 is 4.74 Å². The van der Waals surface area contributed by atoms with Crippen molar-refractivity contribution in [1.29, 1.82) is 0 Å². The largest absolute Gasteiger partial charge is 0.486 e. The Morgan fingerprint density at radius 3 is 2.47 bits per heavy atom. The molecule has 0 saturated carbocycles. The second-order valence-corrected chi connectivity index (χ2v) is 5.69. The monoisotopic (exact) mass is 234 g/mol. The van der Waals surface area contributed by atoms with Crippen LogP contribution in [0.5, 0.6) is 5.75 Å². The number of rotatable bonds is 4. The third-order valence-electron chi connectivity index (χ3n) is 2.73. The van der Waals surface area contributed by atoms with Gasteiger partial charge in [-0.25, -0.2) is 0 Å². The number of benzene rings is 1. The van der Waals surface area contributed by atoms with Gasteiger partial charge in [-0.3, -0.25) is 4.79 Å². The molecule has 94 valence electrons. The molecule has 0 aromatic heterocycles. The Bertz CT molecular complexity index is 386. The average Bonchev–Trinajstić information content (AvgIpc) is 2.25. The zero-order chi connectivity index (χ0) is 13.1. The molecular formula is C15H22O2. The van der Waals surface area contributed by atoms with Crippen molar-refractivity contribution in [2.45, 2.75) is 40.5 Å². The van der Waals surface area contributed by atoms with E-state index in [0.717, 1.165) is 5.75 Å². The first-order valence-electron chi connectivity index (χ1n) is 6.07. The molecule has 1 aromatic carbocycles. The van der Waals surface area contributed by atoms with Gasteiger partial charge < -0.3 is 4.74 Å². The van der Waals surface area contributed by atoms with E-state index in [2.05, 4.69) is 19.9 Å². The second kappa shape index (κ2) is 5.35. The number of carbonyl (C=O) groups is 1. The molecular weight excluding hydrogens is 212 g/mol. The van der Waals surface area contributed by atoms with E-state index >= 15 is 0 Å². The van der Waals surface area contributed by atoms with Gasteiger partial charge in [0.15, 0.2) is 5.78 Å². The summed E-state index contributed by atoms with van der Waals surface area (Å²) in [6.07, 6.45) is 0. The van der Waals surface area contributed by atoms with Gasteiger partial charge in [0.1, 0.15) is 12.4 Å². The number of ketones is 1. The molecule has 0 unspecified atom stereocenters. The highest BCUT2D eigenvalue weighted by atomic mass is 16.5. The number of hydrogen-bond donors (Lipinski definition) is 0. The van der Waals surface area contributed by atoms with Crippen molar-refractivity contribution >= 4 is 5.78 Å². The van der Waals surface area contributed by atoms with E-state index in [1.165, 1.54) is 5.56 Å². The number of carbonyl (C=O) groups excluding carboxylic acids is 1. The fourth-order valence-electron chi connectivity index (χ4n) is 1.33. The van der Waals surface area contributed by atoms with Crippen LogP contribution in [-0.4, -0.2) is 12.4 Å². The first-order valence-corrected chi connectivity index (χ1v) is 6.07. The highest BCUT2D eigenvalue weighted by molar-refractivity contribution is 5.85. The van der Waals surface area contributed by atoms with Crippen LogP contribution in [-0.2, 0) is 4.79 Å². The quantitative estimate of drug-likeness (QED) is 0.792. The van der Waals surface area contributed by atoms with Gasteiger partial charge in [0.05, 0.1) is 0 Å². The third-order valence-corrected chi connectivity index (χ3v) is 2.73. The summed E-state index contributed by atoms with van der Waals surface area (Å²) < 4.78 is 5.54. The van der Waals surface area contributed by atoms with Crippen molar-refractivity contribution in [2.24, 2.45) is 5.41 Å². The maximum atomic E-state index is 11.7. The summed E-state index contributed by atoms with van der Waals surface area (Å²) in [7, 11) is 0. The molecule has 0 saturated heterocycles. The van der Waals surface area contributed by atoms with Crippen LogP contribution >= 0.6 is 0 Å². The predicted octanol–water partition coefficient (Wildman–Crippen LogP) is 3.80. The normalized spacial score (nSPS) is 11.6. The van der Waals surface area contributed by atoms with Gasteiger partial charge in [-0.1, -0.05) is 46.8 Å². The molecule has 0 N–H and O–H groups in total. The molecule has 1 aromatic rings. The lowest BCUT2D eigenvalue weighted by Crippen LogP contribution is -2.26. The minimum Gasteiger partial charge on any atom is -0.486 e. The molecule has 0 bridgehead atoms. The van der Waals surface area contributed by atoms with Crippen molar-refractivity contribution in [2.75, 3.05) is 6.61 Å². The fraction of sp³-hybridized carbons (Fsp3) is 0.533. The number of hydrogen-bond acceptors (Lipinski definition) is 2. The molecule has 17 heavy (non-hydrogen) atoms. The highest BCUT2D eigenvalue weighted by Crippen LogP contribution is 2.21. The minimum atomic E-state index is -0.338. The first kappa shape index (κ1) is 13.8. The molecule has 0 radical (unpaired) electrons. The number of Topliss-reactive ketones (excluding diaryl/α,β-unsaturated/α-hetero) is 1. The van der Waals surface area contributed by atoms with Crippen LogP contribution in [0.2, 0.25) is 0 Å². The molecule has 0 aliphatic heterocycles. The van der Waals surface area contributed by atoms with E-state index in [1.807, 2.05) is 39.0 Å². The molecule has 0 spiro atoms. The highest BCUT2D eigenvalue weighted by Gasteiger charge is 2.21. The maximum absolute atomic E-state index is 11.7. The van der Waals surface area contributed by atoms with E-state index in [4.69, 9.17) is 4.74 Å². The lowest BCUT2D eigenvalue weighted by atomic mass is 9.91. The van der Waals surface area contributed by atoms with Gasteiger partial charge in [-0.2, -0.15) is 0 Å². The Balaban J connectivity index is 2.64. The Labute approximate surface area is 104 Å². The standard InChI is InChI=1S/C15H22O2/c1-11(2)12-7-6-8-13(9-12)17-10-14(16)15(3,4)5/h6-9,11H,10H2,1-5H3. The smallest absolute Gasteiger partial charge is 0.175 e. The molecule has 0 amide bonds. The van der Waals surface area contributed by atoms with E-state index in [0.29, 0.717) is 5.92 Å². The average molecular weight is 234 g/mol. The Kier molecular flexibility index (Phi) is 4.33. The minimum absolute atomic E-state index is 0.118. The van der Waals surface area contributed by atoms with Crippen molar-refractivity contribution in [3.8, 4) is 5.75 Å². The van der Waals surface area contributed by atoms with Gasteiger partial charge in [0, 0.05) is 5.41 Å². The molecule has 2 nitrogen and oxygen atoms in total. The van der Waals surface area contributed by atoms with Crippen molar-refractivity contribution in [3.05, 3.63) is 29.8 Å². The van der Waals surface area contributed by atoms with Crippen molar-refractivity contribution < 1.29 is 9.53 Å². The molecule has 1 rings (SSSR count). The zero-order valence-electron chi connectivity index (χ0n) is 11.4. The van der Waals surface area contributed by atoms with Gasteiger partial charge in [-0.05, 0) is 23.6 Å². The summed E-state index contributed by atoms with van der Waals surface area (Å²) in [5.41, 5.74) is 0.890. The molecule has 2 heteroatoms. The van der Waals surface area contributed by atoms with Crippen LogP contribution in [0.1, 0.15) is 46.1 Å². The molecule has 0 fully saturated rings. The molecule has 0 aliphatic carbocycles. The predicted molar refractivity (Wildman–Crippen MR) is 70.5 cm³/mol.